The van der Waals surface area contributed by atoms with Crippen molar-refractivity contribution in [1.29, 1.82) is 0 Å². The molecule has 1 aromatic rings. The minimum Gasteiger partial charge on any atom is -0.342 e. The van der Waals surface area contributed by atoms with E-state index < -0.39 is 10.0 Å². The van der Waals surface area contributed by atoms with Gasteiger partial charge < -0.3 is 4.90 Å². The molecule has 0 radical (unpaired) electrons. The Bertz CT molecular complexity index is 638. The first-order valence-electron chi connectivity index (χ1n) is 7.85. The first-order chi connectivity index (χ1) is 10.8. The van der Waals surface area contributed by atoms with Crippen molar-refractivity contribution in [3.05, 3.63) is 35.6 Å². The predicted molar refractivity (Wildman–Crippen MR) is 86.7 cm³/mol. The lowest BCUT2D eigenvalue weighted by molar-refractivity contribution is -0.134. The second kappa shape index (κ2) is 7.40. The van der Waals surface area contributed by atoms with Crippen LogP contribution in [0.3, 0.4) is 0 Å². The summed E-state index contributed by atoms with van der Waals surface area (Å²) in [4.78, 5) is 14.5. The van der Waals surface area contributed by atoms with Crippen LogP contribution in [0.15, 0.2) is 24.3 Å². The summed E-state index contributed by atoms with van der Waals surface area (Å²) in [6.07, 6.45) is 1.92. The van der Waals surface area contributed by atoms with E-state index in [0.29, 0.717) is 32.4 Å². The number of primary sulfonamides is 1. The van der Waals surface area contributed by atoms with E-state index >= 15 is 0 Å². The zero-order valence-corrected chi connectivity index (χ0v) is 14.1. The number of nitrogens with two attached hydrogens (primary N) is 1. The Labute approximate surface area is 136 Å². The van der Waals surface area contributed by atoms with Gasteiger partial charge >= 0.3 is 0 Å². The monoisotopic (exact) mass is 342 g/mol. The van der Waals surface area contributed by atoms with Crippen LogP contribution in [-0.4, -0.2) is 38.1 Å². The molecule has 0 bridgehead atoms. The predicted octanol–water partition coefficient (Wildman–Crippen LogP) is 1.85. The van der Waals surface area contributed by atoms with Crippen LogP contribution >= 0.6 is 0 Å². The number of carbonyl (C=O) groups is 1. The van der Waals surface area contributed by atoms with Crippen molar-refractivity contribution in [3.63, 3.8) is 0 Å². The smallest absolute Gasteiger partial charge is 0.230 e. The van der Waals surface area contributed by atoms with Gasteiger partial charge in [-0.1, -0.05) is 19.1 Å². The van der Waals surface area contributed by atoms with Crippen LogP contribution < -0.4 is 5.14 Å². The molecule has 1 aliphatic heterocycles. The van der Waals surface area contributed by atoms with E-state index in [0.717, 1.165) is 5.56 Å². The van der Waals surface area contributed by atoms with Gasteiger partial charge in [0.25, 0.3) is 0 Å². The molecule has 0 aliphatic carbocycles. The molecule has 2 N–H and O–H groups in total. The number of piperidine rings is 1. The van der Waals surface area contributed by atoms with Crippen molar-refractivity contribution in [2.24, 2.45) is 11.1 Å². The summed E-state index contributed by atoms with van der Waals surface area (Å²) < 4.78 is 35.3. The fourth-order valence-electron chi connectivity index (χ4n) is 3.12. The molecule has 1 atom stereocenters. The Hall–Kier alpha value is -1.47. The third kappa shape index (κ3) is 5.00. The standard InChI is InChI=1S/C16H23FN2O3S/c1-2-15(13-3-5-14(17)6-4-13)16(20)19-9-7-12(8-10-19)11-23(18,21)22/h3-6,12,15H,2,7-11H2,1H3,(H2,18,21,22)/t15-/m1/s1. The Morgan fingerprint density at radius 2 is 1.87 bits per heavy atom. The number of likely N-dealkylation sites (tertiary alicyclic amines) is 1. The molecule has 1 aliphatic rings. The molecule has 5 nitrogen and oxygen atoms in total. The fraction of sp³-hybridized carbons (Fsp3) is 0.562. The number of sulfonamides is 1. The quantitative estimate of drug-likeness (QED) is 0.887. The first kappa shape index (κ1) is 17.9. The van der Waals surface area contributed by atoms with E-state index in [1.54, 1.807) is 17.0 Å². The average Bonchev–Trinajstić information content (AvgIpc) is 2.49. The minimum absolute atomic E-state index is 0.0138. The molecule has 1 amide bonds. The van der Waals surface area contributed by atoms with E-state index in [4.69, 9.17) is 5.14 Å². The third-order valence-corrected chi connectivity index (χ3v) is 5.31. The van der Waals surface area contributed by atoms with E-state index in [1.165, 1.54) is 12.1 Å². The molecule has 0 spiro atoms. The highest BCUT2D eigenvalue weighted by Gasteiger charge is 2.29. The fourth-order valence-corrected chi connectivity index (χ4v) is 4.11. The highest BCUT2D eigenvalue weighted by molar-refractivity contribution is 7.89. The lowest BCUT2D eigenvalue weighted by Gasteiger charge is -2.34. The summed E-state index contributed by atoms with van der Waals surface area (Å²) >= 11 is 0. The van der Waals surface area contributed by atoms with Gasteiger partial charge in [-0.05, 0) is 42.9 Å². The van der Waals surface area contributed by atoms with Gasteiger partial charge in [0.05, 0.1) is 11.7 Å². The Morgan fingerprint density at radius 3 is 2.35 bits per heavy atom. The lowest BCUT2D eigenvalue weighted by Crippen LogP contribution is -2.42. The third-order valence-electron chi connectivity index (χ3n) is 4.37. The normalized spacial score (nSPS) is 18.0. The molecule has 128 valence electrons. The van der Waals surface area contributed by atoms with Crippen molar-refractivity contribution < 1.29 is 17.6 Å². The second-order valence-corrected chi connectivity index (χ2v) is 7.77. The summed E-state index contributed by atoms with van der Waals surface area (Å²) in [6, 6.07) is 6.03. The first-order valence-corrected chi connectivity index (χ1v) is 9.56. The molecule has 1 heterocycles. The van der Waals surface area contributed by atoms with Gasteiger partial charge in [0.2, 0.25) is 15.9 Å². The summed E-state index contributed by atoms with van der Waals surface area (Å²) in [7, 11) is -3.47. The van der Waals surface area contributed by atoms with Crippen LogP contribution in [0.25, 0.3) is 0 Å². The van der Waals surface area contributed by atoms with Crippen molar-refractivity contribution in [1.82, 2.24) is 4.90 Å². The lowest BCUT2D eigenvalue weighted by atomic mass is 9.92. The van der Waals surface area contributed by atoms with Crippen LogP contribution in [0.4, 0.5) is 4.39 Å². The Balaban J connectivity index is 1.99. The maximum Gasteiger partial charge on any atom is 0.230 e. The van der Waals surface area contributed by atoms with Gasteiger partial charge in [-0.2, -0.15) is 0 Å². The van der Waals surface area contributed by atoms with Crippen LogP contribution in [0.2, 0.25) is 0 Å². The molecule has 1 aromatic carbocycles. The van der Waals surface area contributed by atoms with E-state index in [9.17, 15) is 17.6 Å². The summed E-state index contributed by atoms with van der Waals surface area (Å²) in [5, 5.41) is 5.08. The summed E-state index contributed by atoms with van der Waals surface area (Å²) in [5.74, 6) is -0.595. The molecule has 2 rings (SSSR count). The Morgan fingerprint density at radius 1 is 1.30 bits per heavy atom. The maximum atomic E-state index is 13.0. The molecule has 0 unspecified atom stereocenters. The van der Waals surface area contributed by atoms with E-state index in [1.807, 2.05) is 6.92 Å². The molecule has 23 heavy (non-hydrogen) atoms. The number of hydrogen-bond acceptors (Lipinski definition) is 3. The summed E-state index contributed by atoms with van der Waals surface area (Å²) in [5.41, 5.74) is 0.811. The van der Waals surface area contributed by atoms with E-state index in [2.05, 4.69) is 0 Å². The maximum absolute atomic E-state index is 13.0. The largest absolute Gasteiger partial charge is 0.342 e. The Kier molecular flexibility index (Phi) is 5.75. The van der Waals surface area contributed by atoms with Gasteiger partial charge in [-0.25, -0.2) is 17.9 Å². The van der Waals surface area contributed by atoms with Gasteiger partial charge in [0, 0.05) is 13.1 Å². The van der Waals surface area contributed by atoms with Gasteiger partial charge in [0.1, 0.15) is 5.82 Å². The molecule has 0 saturated carbocycles. The van der Waals surface area contributed by atoms with Crippen LogP contribution in [0.1, 0.15) is 37.7 Å². The number of hydrogen-bond donors (Lipinski definition) is 1. The topological polar surface area (TPSA) is 80.5 Å². The summed E-state index contributed by atoms with van der Waals surface area (Å²) in [6.45, 7) is 3.01. The number of amides is 1. The van der Waals surface area contributed by atoms with Gasteiger partial charge in [0.15, 0.2) is 0 Å². The molecular weight excluding hydrogens is 319 g/mol. The molecule has 1 saturated heterocycles. The number of benzene rings is 1. The highest BCUT2D eigenvalue weighted by atomic mass is 32.2. The number of halogens is 1. The van der Waals surface area contributed by atoms with Crippen LogP contribution in [-0.2, 0) is 14.8 Å². The molecule has 7 heteroatoms. The zero-order valence-electron chi connectivity index (χ0n) is 13.2. The van der Waals surface area contributed by atoms with Crippen LogP contribution in [0, 0.1) is 11.7 Å². The zero-order chi connectivity index (χ0) is 17.0. The molecule has 1 fully saturated rings. The molecular formula is C16H23FN2O3S. The van der Waals surface area contributed by atoms with Gasteiger partial charge in [-0.15, -0.1) is 0 Å². The number of rotatable bonds is 5. The molecule has 0 aromatic heterocycles. The van der Waals surface area contributed by atoms with Crippen LogP contribution in [0.5, 0.6) is 0 Å². The second-order valence-electron chi connectivity index (χ2n) is 6.11. The van der Waals surface area contributed by atoms with Crippen molar-refractivity contribution >= 4 is 15.9 Å². The van der Waals surface area contributed by atoms with Crippen molar-refractivity contribution in [3.8, 4) is 0 Å². The number of carbonyl (C=O) groups excluding carboxylic acids is 1. The SMILES string of the molecule is CC[C@@H](C(=O)N1CCC(CS(N)(=O)=O)CC1)c1ccc(F)cc1. The number of nitrogens with zero attached hydrogens (tertiary/aromatic N) is 1. The highest BCUT2D eigenvalue weighted by Crippen LogP contribution is 2.26. The van der Waals surface area contributed by atoms with Crippen molar-refractivity contribution in [2.45, 2.75) is 32.1 Å². The van der Waals surface area contributed by atoms with Crippen molar-refractivity contribution in [2.75, 3.05) is 18.8 Å². The van der Waals surface area contributed by atoms with Gasteiger partial charge in [-0.3, -0.25) is 4.79 Å². The van der Waals surface area contributed by atoms with E-state index in [-0.39, 0.29) is 29.3 Å². The minimum atomic E-state index is -3.47. The average molecular weight is 342 g/mol.